The molecular formula is C18H17N3O4. The molecule has 1 fully saturated rings. The lowest BCUT2D eigenvalue weighted by Gasteiger charge is -2.15. The maximum atomic E-state index is 12.6. The molecule has 3 aromatic rings. The van der Waals surface area contributed by atoms with E-state index in [4.69, 9.17) is 9.15 Å². The highest BCUT2D eigenvalue weighted by atomic mass is 16.5. The molecule has 1 aliphatic rings. The molecule has 128 valence electrons. The first-order valence-electron chi connectivity index (χ1n) is 8.02. The van der Waals surface area contributed by atoms with Gasteiger partial charge in [-0.1, -0.05) is 0 Å². The molecule has 0 unspecified atom stereocenters. The predicted octanol–water partition coefficient (Wildman–Crippen LogP) is 2.02. The average molecular weight is 339 g/mol. The summed E-state index contributed by atoms with van der Waals surface area (Å²) >= 11 is 0. The minimum Gasteiger partial charge on any atom is -0.480 e. The summed E-state index contributed by atoms with van der Waals surface area (Å²) in [4.78, 5) is 25.8. The summed E-state index contributed by atoms with van der Waals surface area (Å²) in [5, 5.41) is 4.94. The van der Waals surface area contributed by atoms with Gasteiger partial charge in [0.15, 0.2) is 6.10 Å². The van der Waals surface area contributed by atoms with E-state index in [9.17, 15) is 9.59 Å². The fourth-order valence-electron chi connectivity index (χ4n) is 3.11. The molecule has 1 amide bonds. The van der Waals surface area contributed by atoms with Crippen molar-refractivity contribution in [3.63, 3.8) is 0 Å². The number of ether oxygens (including phenoxy) is 1. The van der Waals surface area contributed by atoms with Crippen LogP contribution in [0.4, 0.5) is 5.69 Å². The zero-order valence-electron chi connectivity index (χ0n) is 13.9. The van der Waals surface area contributed by atoms with E-state index >= 15 is 0 Å². The van der Waals surface area contributed by atoms with Crippen molar-refractivity contribution in [1.29, 1.82) is 0 Å². The van der Waals surface area contributed by atoms with Crippen molar-refractivity contribution in [2.24, 2.45) is 7.05 Å². The Balaban J connectivity index is 1.57. The van der Waals surface area contributed by atoms with Crippen LogP contribution in [-0.4, -0.2) is 28.3 Å². The van der Waals surface area contributed by atoms with E-state index in [-0.39, 0.29) is 5.91 Å². The summed E-state index contributed by atoms with van der Waals surface area (Å²) in [7, 11) is 1.81. The summed E-state index contributed by atoms with van der Waals surface area (Å²) < 4.78 is 12.7. The minimum atomic E-state index is -0.561. The quantitative estimate of drug-likeness (QED) is 0.682. The Bertz CT molecular complexity index is 1020. The smallest absolute Gasteiger partial charge is 0.336 e. The van der Waals surface area contributed by atoms with Gasteiger partial charge in [0.1, 0.15) is 11.3 Å². The molecule has 0 spiro atoms. The Labute approximate surface area is 143 Å². The third-order valence-corrected chi connectivity index (χ3v) is 4.36. The van der Waals surface area contributed by atoms with Gasteiger partial charge in [0.25, 0.3) is 5.91 Å². The molecular weight excluding hydrogens is 322 g/mol. The van der Waals surface area contributed by atoms with E-state index in [0.29, 0.717) is 24.3 Å². The molecule has 0 bridgehead atoms. The van der Waals surface area contributed by atoms with E-state index < -0.39 is 11.7 Å². The van der Waals surface area contributed by atoms with Crippen molar-refractivity contribution in [1.82, 2.24) is 9.78 Å². The van der Waals surface area contributed by atoms with Gasteiger partial charge in [0.05, 0.1) is 11.9 Å². The lowest BCUT2D eigenvalue weighted by Crippen LogP contribution is -2.32. The van der Waals surface area contributed by atoms with Crippen LogP contribution in [-0.2, 0) is 11.8 Å². The highest BCUT2D eigenvalue weighted by Crippen LogP contribution is 2.27. The Morgan fingerprint density at radius 1 is 1.28 bits per heavy atom. The molecule has 1 aliphatic heterocycles. The number of benzene rings is 1. The number of hydrogen-bond acceptors (Lipinski definition) is 5. The number of anilines is 1. The number of carbonyl (C=O) groups is 1. The van der Waals surface area contributed by atoms with Crippen LogP contribution in [0.25, 0.3) is 11.0 Å². The lowest BCUT2D eigenvalue weighted by molar-refractivity contribution is -0.122. The molecule has 7 nitrogen and oxygen atoms in total. The Morgan fingerprint density at radius 3 is 2.88 bits per heavy atom. The zero-order chi connectivity index (χ0) is 17.6. The normalized spacial score (nSPS) is 17.4. The van der Waals surface area contributed by atoms with Crippen molar-refractivity contribution in [2.75, 3.05) is 11.4 Å². The molecule has 2 aromatic heterocycles. The second-order valence-electron chi connectivity index (χ2n) is 6.16. The monoisotopic (exact) mass is 339 g/mol. The summed E-state index contributed by atoms with van der Waals surface area (Å²) in [5.74, 6) is 0.409. The highest BCUT2D eigenvalue weighted by Gasteiger charge is 2.34. The van der Waals surface area contributed by atoms with Gasteiger partial charge in [-0.15, -0.1) is 0 Å². The van der Waals surface area contributed by atoms with Gasteiger partial charge in [-0.25, -0.2) is 4.79 Å². The number of hydrogen-bond donors (Lipinski definition) is 0. The standard InChI is InChI=1S/C18H17N3O4/c1-11-7-17(22)25-16-8-13(3-4-14(11)16)24-15-5-6-21(18(15)23)12-9-19-20(2)10-12/h3-4,7-10,15H,5-6H2,1-2H3/t15-/m0/s1. The number of amides is 1. The third-order valence-electron chi connectivity index (χ3n) is 4.36. The topological polar surface area (TPSA) is 77.6 Å². The van der Waals surface area contributed by atoms with E-state index in [1.807, 2.05) is 20.0 Å². The molecule has 0 N–H and O–H groups in total. The van der Waals surface area contributed by atoms with Crippen LogP contribution in [0, 0.1) is 6.92 Å². The first-order chi connectivity index (χ1) is 12.0. The summed E-state index contributed by atoms with van der Waals surface area (Å²) in [6.45, 7) is 2.43. The van der Waals surface area contributed by atoms with Crippen molar-refractivity contribution >= 4 is 22.6 Å². The summed E-state index contributed by atoms with van der Waals surface area (Å²) in [6.07, 6.45) is 3.49. The second kappa shape index (κ2) is 5.77. The number of aryl methyl sites for hydroxylation is 2. The van der Waals surface area contributed by atoms with Crippen molar-refractivity contribution < 1.29 is 13.9 Å². The Morgan fingerprint density at radius 2 is 2.12 bits per heavy atom. The fraction of sp³-hybridized carbons (Fsp3) is 0.278. The molecule has 25 heavy (non-hydrogen) atoms. The summed E-state index contributed by atoms with van der Waals surface area (Å²) in [6, 6.07) is 6.73. The van der Waals surface area contributed by atoms with Gasteiger partial charge in [-0.3, -0.25) is 9.48 Å². The molecule has 0 radical (unpaired) electrons. The number of nitrogens with zero attached hydrogens (tertiary/aromatic N) is 3. The number of carbonyl (C=O) groups excluding carboxylic acids is 1. The van der Waals surface area contributed by atoms with Crippen molar-refractivity contribution in [3.8, 4) is 5.75 Å². The fourth-order valence-corrected chi connectivity index (χ4v) is 3.11. The minimum absolute atomic E-state index is 0.0983. The van der Waals surface area contributed by atoms with Crippen LogP contribution in [0.15, 0.2) is 45.9 Å². The van der Waals surface area contributed by atoms with Crippen LogP contribution in [0.3, 0.4) is 0 Å². The van der Waals surface area contributed by atoms with E-state index in [2.05, 4.69) is 5.10 Å². The molecule has 0 aliphatic carbocycles. The third kappa shape index (κ3) is 2.77. The second-order valence-corrected chi connectivity index (χ2v) is 6.16. The van der Waals surface area contributed by atoms with Crippen LogP contribution in [0.2, 0.25) is 0 Å². The maximum absolute atomic E-state index is 12.6. The zero-order valence-corrected chi connectivity index (χ0v) is 13.9. The van der Waals surface area contributed by atoms with Crippen LogP contribution < -0.4 is 15.3 Å². The maximum Gasteiger partial charge on any atom is 0.336 e. The van der Waals surface area contributed by atoms with Gasteiger partial charge in [-0.2, -0.15) is 5.10 Å². The van der Waals surface area contributed by atoms with Gasteiger partial charge in [0.2, 0.25) is 0 Å². The first-order valence-corrected chi connectivity index (χ1v) is 8.02. The lowest BCUT2D eigenvalue weighted by atomic mass is 10.1. The van der Waals surface area contributed by atoms with Gasteiger partial charge in [-0.05, 0) is 24.6 Å². The Kier molecular flexibility index (Phi) is 3.56. The van der Waals surface area contributed by atoms with E-state index in [0.717, 1.165) is 16.6 Å². The molecule has 1 saturated heterocycles. The average Bonchev–Trinajstić information content (AvgIpc) is 3.13. The number of rotatable bonds is 3. The van der Waals surface area contributed by atoms with Crippen molar-refractivity contribution in [2.45, 2.75) is 19.4 Å². The SMILES string of the molecule is Cc1cc(=O)oc2cc(O[C@H]3CCN(c4cnn(C)c4)C3=O)ccc12. The molecule has 7 heteroatoms. The van der Waals surface area contributed by atoms with Gasteiger partial charge >= 0.3 is 5.63 Å². The Hall–Kier alpha value is -3.09. The first kappa shape index (κ1) is 15.4. The van der Waals surface area contributed by atoms with Gasteiger partial charge < -0.3 is 14.1 Å². The highest BCUT2D eigenvalue weighted by molar-refractivity contribution is 5.98. The van der Waals surface area contributed by atoms with Crippen molar-refractivity contribution in [3.05, 3.63) is 52.6 Å². The molecule has 1 atom stereocenters. The molecule has 4 rings (SSSR count). The summed E-state index contributed by atoms with van der Waals surface area (Å²) in [5.41, 5.74) is 1.66. The molecule has 3 heterocycles. The van der Waals surface area contributed by atoms with E-state index in [1.165, 1.54) is 6.07 Å². The van der Waals surface area contributed by atoms with Crippen LogP contribution in [0.5, 0.6) is 5.75 Å². The number of fused-ring (bicyclic) bond motifs is 1. The molecule has 0 saturated carbocycles. The largest absolute Gasteiger partial charge is 0.480 e. The number of aromatic nitrogens is 2. The van der Waals surface area contributed by atoms with Crippen LogP contribution >= 0.6 is 0 Å². The van der Waals surface area contributed by atoms with E-state index in [1.54, 1.807) is 34.1 Å². The van der Waals surface area contributed by atoms with Gasteiger partial charge in [0, 0.05) is 43.7 Å². The van der Waals surface area contributed by atoms with Crippen LogP contribution in [0.1, 0.15) is 12.0 Å². The molecule has 1 aromatic carbocycles. The predicted molar refractivity (Wildman–Crippen MR) is 91.8 cm³/mol.